The zero-order valence-corrected chi connectivity index (χ0v) is 49.4. The first kappa shape index (κ1) is 55.9. The third-order valence-electron chi connectivity index (χ3n) is 14.6. The summed E-state index contributed by atoms with van der Waals surface area (Å²) in [6.45, 7) is 32.6. The molecule has 0 atom stereocenters. The number of benzene rings is 2. The van der Waals surface area contributed by atoms with Crippen LogP contribution < -0.4 is 38.4 Å². The van der Waals surface area contributed by atoms with Crippen LogP contribution in [-0.2, 0) is 19.5 Å². The van der Waals surface area contributed by atoms with Crippen molar-refractivity contribution in [2.24, 2.45) is 33.7 Å². The van der Waals surface area contributed by atoms with E-state index in [-0.39, 0.29) is 55.0 Å². The molecule has 4 heterocycles. The van der Waals surface area contributed by atoms with Gasteiger partial charge in [-0.15, -0.1) is 0 Å². The van der Waals surface area contributed by atoms with Gasteiger partial charge in [-0.25, -0.2) is 19.7 Å². The Morgan fingerprint density at radius 1 is 0.532 bits per heavy atom. The minimum atomic E-state index is 0. The average molecular weight is 1080 g/mol. The fourth-order valence-corrected chi connectivity index (χ4v) is 10.4. The van der Waals surface area contributed by atoms with Gasteiger partial charge in [0.25, 0.3) is 0 Å². The van der Waals surface area contributed by atoms with Gasteiger partial charge in [0.05, 0.1) is 64.2 Å². The van der Waals surface area contributed by atoms with Crippen LogP contribution in [0, 0.1) is 59.5 Å². The quantitative estimate of drug-likeness (QED) is 0.0532. The molecule has 0 saturated heterocycles. The van der Waals surface area contributed by atoms with Crippen molar-refractivity contribution in [1.29, 1.82) is 10.5 Å². The molecule has 0 spiro atoms. The Morgan fingerprint density at radius 2 is 0.844 bits per heavy atom. The Morgan fingerprint density at radius 3 is 1.08 bits per heavy atom. The molecule has 15 heteroatoms. The topological polar surface area (TPSA) is 165 Å². The molecular weight excluding hydrogens is 1020 g/mol. The molecule has 14 nitrogen and oxygen atoms in total. The van der Waals surface area contributed by atoms with E-state index in [0.717, 1.165) is 96.5 Å². The summed E-state index contributed by atoms with van der Waals surface area (Å²) in [5, 5.41) is 20.4. The van der Waals surface area contributed by atoms with Crippen LogP contribution in [0.3, 0.4) is 0 Å². The molecule has 2 aromatic heterocycles. The van der Waals surface area contributed by atoms with Gasteiger partial charge in [0.2, 0.25) is 11.5 Å². The number of hydrogen-bond donors (Lipinski definition) is 0. The zero-order chi connectivity index (χ0) is 54.3. The van der Waals surface area contributed by atoms with E-state index < -0.39 is 0 Å². The molecule has 6 aliphatic rings. The van der Waals surface area contributed by atoms with Gasteiger partial charge < -0.3 is 38.4 Å². The Hall–Kier alpha value is -7.32. The van der Waals surface area contributed by atoms with Crippen LogP contribution in [0.25, 0.3) is 21.2 Å². The monoisotopic (exact) mass is 1080 g/mol. The van der Waals surface area contributed by atoms with E-state index in [2.05, 4.69) is 77.2 Å². The van der Waals surface area contributed by atoms with Crippen molar-refractivity contribution in [3.63, 3.8) is 0 Å². The van der Waals surface area contributed by atoms with E-state index in [1.165, 1.54) is 0 Å². The molecule has 392 valence electrons. The van der Waals surface area contributed by atoms with E-state index in [9.17, 15) is 10.5 Å². The molecule has 0 amide bonds. The van der Waals surface area contributed by atoms with Gasteiger partial charge in [-0.05, 0) is 111 Å². The number of nitriles is 2. The second kappa shape index (κ2) is 23.1. The van der Waals surface area contributed by atoms with Gasteiger partial charge in [-0.3, -0.25) is 0 Å². The maximum absolute atomic E-state index is 10.2. The number of ether oxygens (including phenoxy) is 6. The minimum absolute atomic E-state index is 0. The maximum Gasteiger partial charge on any atom is 2.00 e. The minimum Gasteiger partial charge on any atom is -0.668 e. The summed E-state index contributed by atoms with van der Waals surface area (Å²) in [5.74, 6) is 5.01. The van der Waals surface area contributed by atoms with Gasteiger partial charge in [-0.2, -0.15) is 21.9 Å². The van der Waals surface area contributed by atoms with Crippen molar-refractivity contribution < 1.29 is 47.9 Å². The van der Waals surface area contributed by atoms with E-state index in [0.29, 0.717) is 103 Å². The Bertz CT molecular complexity index is 3090. The standard InChI is InChI=1S/2C31H33N4O3.Zn/c2*1-16(2)23-20(15-32)25(18-11-12-18)34-28(23)31(38-30-21(36-6)9-8-10-22(30)37-7)29-24(17(3)4)27(33-5)26(35-29)19-13-14-19;/h2*8-10,16-19H,11-14H2,1-4,6-7H3;/q2*-1;+2/b2*31-28+;. The molecule has 2 aromatic carbocycles. The molecule has 0 bridgehead atoms. The normalized spacial score (nSPS) is 18.2. The van der Waals surface area contributed by atoms with Crippen molar-refractivity contribution >= 4 is 34.3 Å². The van der Waals surface area contributed by atoms with E-state index in [4.69, 9.17) is 61.5 Å². The maximum atomic E-state index is 10.2. The SMILES string of the molecule is [C-]#[N+]c1c(C2CC2)[n-]c(/C(Oc2c(OC)cccc2OC)=C2\N=C(C3CC3)C(C#N)=C2C(C)C)c1C(C)C.[C-]#[N+]c1c(C2CC2)[n-]c(/C(Oc2c(OC)cccc2OC)=C2\N=C(C3CC3)C(C#N)=C2C(C)C)c1C(C)C.[Zn+2]. The number of para-hydroxylation sites is 2. The van der Waals surface area contributed by atoms with Crippen molar-refractivity contribution in [3.8, 4) is 46.6 Å². The number of methoxy groups -OCH3 is 4. The van der Waals surface area contributed by atoms with Crippen molar-refractivity contribution in [3.05, 3.63) is 127 Å². The first-order chi connectivity index (χ1) is 36.7. The number of nitrogens with zero attached hydrogens (tertiary/aromatic N) is 8. The summed E-state index contributed by atoms with van der Waals surface area (Å²) in [6.07, 6.45) is 8.23. The first-order valence-corrected chi connectivity index (χ1v) is 26.6. The van der Waals surface area contributed by atoms with E-state index in [1.807, 2.05) is 36.4 Å². The summed E-state index contributed by atoms with van der Waals surface area (Å²) in [4.78, 5) is 28.3. The fourth-order valence-electron chi connectivity index (χ4n) is 10.4. The molecule has 4 fully saturated rings. The molecule has 2 aliphatic heterocycles. The molecular formula is C62H66N8O6Zn. The summed E-state index contributed by atoms with van der Waals surface area (Å²) >= 11 is 0. The number of aliphatic imine (C=N–C) groups is 2. The Labute approximate surface area is 466 Å². The largest absolute Gasteiger partial charge is 2.00 e. The van der Waals surface area contributed by atoms with Crippen molar-refractivity contribution in [2.45, 2.75) is 130 Å². The predicted molar refractivity (Wildman–Crippen MR) is 294 cm³/mol. The number of aromatic nitrogens is 2. The third kappa shape index (κ3) is 10.7. The number of allylic oxidation sites excluding steroid dienone is 4. The molecule has 77 heavy (non-hydrogen) atoms. The molecule has 4 aliphatic carbocycles. The third-order valence-corrected chi connectivity index (χ3v) is 14.6. The summed E-state index contributed by atoms with van der Waals surface area (Å²) < 4.78 is 36.1. The van der Waals surface area contributed by atoms with E-state index in [1.54, 1.807) is 28.4 Å². The van der Waals surface area contributed by atoms with Crippen LogP contribution >= 0.6 is 0 Å². The van der Waals surface area contributed by atoms with Gasteiger partial charge in [0.1, 0.15) is 35.1 Å². The second-order valence-corrected chi connectivity index (χ2v) is 21.5. The smallest absolute Gasteiger partial charge is 0.668 e. The molecule has 4 saturated carbocycles. The number of hydrogen-bond acceptors (Lipinski definition) is 10. The van der Waals surface area contributed by atoms with Gasteiger partial charge >= 0.3 is 19.5 Å². The van der Waals surface area contributed by atoms with Crippen molar-refractivity contribution in [1.82, 2.24) is 9.97 Å². The molecule has 0 N–H and O–H groups in total. The second-order valence-electron chi connectivity index (χ2n) is 21.5. The summed E-state index contributed by atoms with van der Waals surface area (Å²) in [7, 11) is 6.35. The average Bonchev–Trinajstić information content (AvgIpc) is 4.23. The Kier molecular flexibility index (Phi) is 16.8. The van der Waals surface area contributed by atoms with Crippen molar-refractivity contribution in [2.75, 3.05) is 28.4 Å². The molecule has 0 unspecified atom stereocenters. The van der Waals surface area contributed by atoms with Crippen LogP contribution in [0.2, 0.25) is 0 Å². The first-order valence-electron chi connectivity index (χ1n) is 26.6. The molecule has 4 aromatic rings. The van der Waals surface area contributed by atoms with Crippen LogP contribution in [0.5, 0.6) is 34.5 Å². The molecule has 0 radical (unpaired) electrons. The summed E-state index contributed by atoms with van der Waals surface area (Å²) in [6, 6.07) is 15.8. The van der Waals surface area contributed by atoms with Gasteiger partial charge in [-0.1, -0.05) is 90.0 Å². The summed E-state index contributed by atoms with van der Waals surface area (Å²) in [5.41, 5.74) is 11.7. The Balaban J connectivity index is 0.000000201. The van der Waals surface area contributed by atoms with Crippen LogP contribution in [0.1, 0.15) is 164 Å². The van der Waals surface area contributed by atoms with Gasteiger partial charge in [0, 0.05) is 23.0 Å². The predicted octanol–water partition coefficient (Wildman–Crippen LogP) is 14.6. The van der Waals surface area contributed by atoms with Crippen LogP contribution in [0.15, 0.2) is 80.1 Å². The number of rotatable bonds is 18. The fraction of sp³-hybridized carbons (Fsp3) is 0.452. The zero-order valence-electron chi connectivity index (χ0n) is 46.5. The van der Waals surface area contributed by atoms with Crippen LogP contribution in [-0.4, -0.2) is 39.9 Å². The molecule has 10 rings (SSSR count). The van der Waals surface area contributed by atoms with Crippen LogP contribution in [0.4, 0.5) is 11.4 Å². The van der Waals surface area contributed by atoms with E-state index >= 15 is 0 Å². The van der Waals surface area contributed by atoms with Gasteiger partial charge in [0.15, 0.2) is 34.4 Å².